The van der Waals surface area contributed by atoms with Gasteiger partial charge in [0.2, 0.25) is 0 Å². The summed E-state index contributed by atoms with van der Waals surface area (Å²) in [6.45, 7) is 11.3. The summed E-state index contributed by atoms with van der Waals surface area (Å²) >= 11 is 0. The van der Waals surface area contributed by atoms with Crippen molar-refractivity contribution < 1.29 is 8.82 Å². The van der Waals surface area contributed by atoms with Crippen molar-refractivity contribution in [3.05, 3.63) is 71.5 Å². The van der Waals surface area contributed by atoms with Crippen molar-refractivity contribution in [2.75, 3.05) is 6.61 Å². The lowest BCUT2D eigenvalue weighted by Gasteiger charge is -2.34. The highest BCUT2D eigenvalue weighted by Crippen LogP contribution is 2.29. The Labute approximate surface area is 176 Å². The van der Waals surface area contributed by atoms with Crippen LogP contribution in [0.3, 0.4) is 0 Å². The van der Waals surface area contributed by atoms with Crippen LogP contribution >= 0.6 is 0 Å². The first-order valence-electron chi connectivity index (χ1n) is 10.2. The van der Waals surface area contributed by atoms with E-state index in [-0.39, 0.29) is 23.3 Å². The van der Waals surface area contributed by atoms with Crippen molar-refractivity contribution in [3.8, 4) is 6.07 Å². The predicted octanol–water partition coefficient (Wildman–Crippen LogP) is 5.86. The number of nitriles is 1. The Balaban J connectivity index is 2.11. The normalized spacial score (nSPS) is 14.2. The van der Waals surface area contributed by atoms with Crippen LogP contribution in [0.1, 0.15) is 37.4 Å². The highest BCUT2D eigenvalue weighted by atomic mass is 28.4. The van der Waals surface area contributed by atoms with Gasteiger partial charge < -0.3 is 4.43 Å². The van der Waals surface area contributed by atoms with Gasteiger partial charge in [-0.15, -0.1) is 0 Å². The van der Waals surface area contributed by atoms with E-state index in [4.69, 9.17) is 4.43 Å². The molecule has 3 nitrogen and oxygen atoms in total. The zero-order chi connectivity index (χ0) is 21.5. The van der Waals surface area contributed by atoms with E-state index in [1.807, 2.05) is 30.3 Å². The fraction of sp³-hybridized carbons (Fsp3) is 0.458. The summed E-state index contributed by atoms with van der Waals surface area (Å²) in [5.74, 6) is -0.224. The van der Waals surface area contributed by atoms with E-state index in [1.54, 1.807) is 0 Å². The molecule has 1 N–H and O–H groups in total. The van der Waals surface area contributed by atoms with Crippen molar-refractivity contribution in [2.24, 2.45) is 5.41 Å². The molecule has 1 unspecified atom stereocenters. The summed E-state index contributed by atoms with van der Waals surface area (Å²) in [6.07, 6.45) is 1.62. The van der Waals surface area contributed by atoms with Crippen molar-refractivity contribution >= 4 is 8.32 Å². The third-order valence-corrected chi connectivity index (χ3v) is 6.17. The fourth-order valence-corrected chi connectivity index (χ4v) is 3.83. The molecule has 156 valence electrons. The average Bonchev–Trinajstić information content (AvgIpc) is 2.67. The third kappa shape index (κ3) is 7.73. The SMILES string of the molecule is CC(C)(CCc1ccc(F)cc1)C(C#N)N[C@@H](CO[Si](C)(C)C)c1ccccc1. The zero-order valence-electron chi connectivity index (χ0n) is 18.2. The lowest BCUT2D eigenvalue weighted by molar-refractivity contribution is 0.204. The quantitative estimate of drug-likeness (QED) is 0.497. The van der Waals surface area contributed by atoms with Gasteiger partial charge in [0, 0.05) is 0 Å². The summed E-state index contributed by atoms with van der Waals surface area (Å²) in [4.78, 5) is 0. The van der Waals surface area contributed by atoms with Crippen LogP contribution in [0, 0.1) is 22.6 Å². The number of benzene rings is 2. The summed E-state index contributed by atoms with van der Waals surface area (Å²) in [5, 5.41) is 13.5. The van der Waals surface area contributed by atoms with E-state index in [9.17, 15) is 9.65 Å². The Kier molecular flexibility index (Phi) is 8.15. The molecule has 2 rings (SSSR count). The number of nitrogens with zero attached hydrogens (tertiary/aromatic N) is 1. The van der Waals surface area contributed by atoms with Crippen LogP contribution in [0.4, 0.5) is 4.39 Å². The first-order valence-corrected chi connectivity index (χ1v) is 13.6. The molecule has 2 atom stereocenters. The van der Waals surface area contributed by atoms with Crippen molar-refractivity contribution in [1.82, 2.24) is 5.32 Å². The summed E-state index contributed by atoms with van der Waals surface area (Å²) in [6, 6.07) is 18.9. The molecule has 0 bridgehead atoms. The number of rotatable bonds is 10. The predicted molar refractivity (Wildman–Crippen MR) is 120 cm³/mol. The fourth-order valence-electron chi connectivity index (χ4n) is 3.16. The molecule has 0 aliphatic heterocycles. The molecule has 0 saturated carbocycles. The Morgan fingerprint density at radius 2 is 1.69 bits per heavy atom. The van der Waals surface area contributed by atoms with Crippen LogP contribution in [0.25, 0.3) is 0 Å². The van der Waals surface area contributed by atoms with Gasteiger partial charge in [0.1, 0.15) is 11.9 Å². The molecule has 0 fully saturated rings. The van der Waals surface area contributed by atoms with E-state index in [0.29, 0.717) is 6.61 Å². The molecule has 0 amide bonds. The average molecular weight is 413 g/mol. The molecule has 2 aromatic rings. The zero-order valence-corrected chi connectivity index (χ0v) is 19.2. The molecule has 0 aliphatic rings. The molecule has 0 aromatic heterocycles. The van der Waals surface area contributed by atoms with Crippen molar-refractivity contribution in [1.29, 1.82) is 5.26 Å². The smallest absolute Gasteiger partial charge is 0.183 e. The molecule has 0 spiro atoms. The van der Waals surface area contributed by atoms with Gasteiger partial charge in [0.25, 0.3) is 0 Å². The molecule has 29 heavy (non-hydrogen) atoms. The minimum atomic E-state index is -1.68. The molecule has 2 aromatic carbocycles. The summed E-state index contributed by atoms with van der Waals surface area (Å²) in [7, 11) is -1.68. The van der Waals surface area contributed by atoms with Gasteiger partial charge in [-0.3, -0.25) is 5.32 Å². The lowest BCUT2D eigenvalue weighted by atomic mass is 9.79. The Hall–Kier alpha value is -2.00. The summed E-state index contributed by atoms with van der Waals surface area (Å²) in [5.41, 5.74) is 1.95. The highest BCUT2D eigenvalue weighted by molar-refractivity contribution is 6.69. The van der Waals surface area contributed by atoms with Crippen LogP contribution in [-0.2, 0) is 10.8 Å². The van der Waals surface area contributed by atoms with E-state index < -0.39 is 8.32 Å². The monoisotopic (exact) mass is 412 g/mol. The highest BCUT2D eigenvalue weighted by Gasteiger charge is 2.32. The molecule has 0 saturated heterocycles. The second-order valence-electron chi connectivity index (χ2n) is 9.23. The third-order valence-electron chi connectivity index (χ3n) is 5.13. The minimum Gasteiger partial charge on any atom is -0.416 e. The first-order chi connectivity index (χ1) is 13.6. The summed E-state index contributed by atoms with van der Waals surface area (Å²) < 4.78 is 19.3. The second kappa shape index (κ2) is 10.2. The van der Waals surface area contributed by atoms with Crippen LogP contribution in [0.2, 0.25) is 19.6 Å². The van der Waals surface area contributed by atoms with Crippen LogP contribution in [-0.4, -0.2) is 21.0 Å². The molecular weight excluding hydrogens is 379 g/mol. The van der Waals surface area contributed by atoms with Crippen LogP contribution in [0.5, 0.6) is 0 Å². The lowest BCUT2D eigenvalue weighted by Crippen LogP contribution is -2.45. The molecular formula is C24H33FN2OSi. The number of hydrogen-bond acceptors (Lipinski definition) is 3. The minimum absolute atomic E-state index is 0.0438. The number of aryl methyl sites for hydroxylation is 1. The topological polar surface area (TPSA) is 45.0 Å². The number of hydrogen-bond donors (Lipinski definition) is 1. The second-order valence-corrected chi connectivity index (χ2v) is 13.7. The van der Waals surface area contributed by atoms with E-state index in [0.717, 1.165) is 24.0 Å². The van der Waals surface area contributed by atoms with Gasteiger partial charge in [-0.25, -0.2) is 4.39 Å². The van der Waals surface area contributed by atoms with Gasteiger partial charge in [-0.05, 0) is 61.2 Å². The maximum atomic E-state index is 13.1. The van der Waals surface area contributed by atoms with Crippen molar-refractivity contribution in [3.63, 3.8) is 0 Å². The van der Waals surface area contributed by atoms with Gasteiger partial charge >= 0.3 is 0 Å². The molecule has 5 heteroatoms. The van der Waals surface area contributed by atoms with Crippen molar-refractivity contribution in [2.45, 2.75) is 58.4 Å². The van der Waals surface area contributed by atoms with Crippen LogP contribution < -0.4 is 5.32 Å². The van der Waals surface area contributed by atoms with Gasteiger partial charge in [-0.2, -0.15) is 5.26 Å². The standard InChI is InChI=1S/C24H33FN2OSi/c1-24(2,16-15-19-11-13-21(25)14-12-19)23(17-26)27-22(18-28-29(3,4)5)20-9-7-6-8-10-20/h6-14,22-23,27H,15-16,18H2,1-5H3/t22-,23?/m0/s1. The number of nitrogens with one attached hydrogen (secondary N) is 1. The Morgan fingerprint density at radius 1 is 1.07 bits per heavy atom. The van der Waals surface area contributed by atoms with Gasteiger partial charge in [0.15, 0.2) is 8.32 Å². The van der Waals surface area contributed by atoms with E-state index in [1.165, 1.54) is 12.1 Å². The van der Waals surface area contributed by atoms with Gasteiger partial charge in [0.05, 0.1) is 18.7 Å². The van der Waals surface area contributed by atoms with E-state index >= 15 is 0 Å². The maximum Gasteiger partial charge on any atom is 0.183 e. The van der Waals surface area contributed by atoms with Gasteiger partial charge in [-0.1, -0.05) is 56.3 Å². The first kappa shape index (κ1) is 23.3. The Bertz CT molecular complexity index is 794. The Morgan fingerprint density at radius 3 is 2.24 bits per heavy atom. The largest absolute Gasteiger partial charge is 0.416 e. The molecule has 0 heterocycles. The number of halogens is 1. The molecule has 0 aliphatic carbocycles. The van der Waals surface area contributed by atoms with Crippen LogP contribution in [0.15, 0.2) is 54.6 Å². The maximum absolute atomic E-state index is 13.1. The molecule has 0 radical (unpaired) electrons. The van der Waals surface area contributed by atoms with E-state index in [2.05, 4.69) is 57.0 Å².